The van der Waals surface area contributed by atoms with Crippen molar-refractivity contribution in [2.75, 3.05) is 13.2 Å². The first kappa shape index (κ1) is 15.1. The summed E-state index contributed by atoms with van der Waals surface area (Å²) in [6.45, 7) is 1.66. The maximum Gasteiger partial charge on any atom is 0.258 e. The summed E-state index contributed by atoms with van der Waals surface area (Å²) in [6.07, 6.45) is 0.662. The second kappa shape index (κ2) is 7.46. The van der Waals surface area contributed by atoms with Crippen LogP contribution in [-0.2, 0) is 4.79 Å². The molecule has 0 aliphatic rings. The summed E-state index contributed by atoms with van der Waals surface area (Å²) < 4.78 is 5.26. The first-order valence-corrected chi connectivity index (χ1v) is 6.30. The van der Waals surface area contributed by atoms with Gasteiger partial charge in [0.25, 0.3) is 5.91 Å². The molecule has 0 saturated carbocycles. The average Bonchev–Trinajstić information content (AvgIpc) is 2.37. The molecule has 0 heterocycles. The lowest BCUT2D eigenvalue weighted by Gasteiger charge is -2.14. The summed E-state index contributed by atoms with van der Waals surface area (Å²) >= 11 is 11.6. The van der Waals surface area contributed by atoms with E-state index in [0.29, 0.717) is 22.2 Å². The Hall–Kier alpha value is -0.970. The number of nitrogens with one attached hydrogen (secondary N) is 1. The van der Waals surface area contributed by atoms with Gasteiger partial charge >= 0.3 is 0 Å². The molecule has 2 N–H and O–H groups in total. The highest BCUT2D eigenvalue weighted by Crippen LogP contribution is 2.26. The van der Waals surface area contributed by atoms with Crippen molar-refractivity contribution in [1.29, 1.82) is 0 Å². The van der Waals surface area contributed by atoms with Gasteiger partial charge in [-0.3, -0.25) is 4.79 Å². The summed E-state index contributed by atoms with van der Waals surface area (Å²) in [7, 11) is 0. The number of aliphatic hydroxyl groups excluding tert-OH is 1. The van der Waals surface area contributed by atoms with E-state index in [1.165, 1.54) is 0 Å². The number of hydrogen-bond donors (Lipinski definition) is 2. The van der Waals surface area contributed by atoms with Crippen molar-refractivity contribution < 1.29 is 14.6 Å². The number of benzene rings is 1. The molecule has 0 aliphatic heterocycles. The summed E-state index contributed by atoms with van der Waals surface area (Å²) in [4.78, 5) is 11.5. The molecule has 6 heteroatoms. The van der Waals surface area contributed by atoms with Crippen LogP contribution in [0.25, 0.3) is 0 Å². The Balaban J connectivity index is 2.44. The maximum atomic E-state index is 11.5. The fourth-order valence-electron chi connectivity index (χ4n) is 1.26. The summed E-state index contributed by atoms with van der Waals surface area (Å²) in [6, 6.07) is 4.53. The molecule has 100 valence electrons. The molecule has 4 nitrogen and oxygen atoms in total. The fourth-order valence-corrected chi connectivity index (χ4v) is 1.55. The van der Waals surface area contributed by atoms with Crippen molar-refractivity contribution >= 4 is 29.1 Å². The lowest BCUT2D eigenvalue weighted by Crippen LogP contribution is -2.39. The van der Waals surface area contributed by atoms with E-state index in [1.54, 1.807) is 18.2 Å². The number of carbonyl (C=O) groups is 1. The van der Waals surface area contributed by atoms with E-state index in [1.807, 2.05) is 6.92 Å². The molecule has 0 radical (unpaired) electrons. The second-order valence-corrected chi connectivity index (χ2v) is 4.53. The minimum atomic E-state index is -0.290. The molecule has 0 saturated heterocycles. The predicted molar refractivity (Wildman–Crippen MR) is 71.3 cm³/mol. The topological polar surface area (TPSA) is 58.6 Å². The van der Waals surface area contributed by atoms with Gasteiger partial charge in [0.15, 0.2) is 6.61 Å². The SMILES string of the molecule is CC[C@@H](CO)NC(=O)COc1ccc(Cl)c(Cl)c1. The highest BCUT2D eigenvalue weighted by Gasteiger charge is 2.10. The van der Waals surface area contributed by atoms with E-state index in [-0.39, 0.29) is 25.2 Å². The van der Waals surface area contributed by atoms with E-state index in [0.717, 1.165) is 0 Å². The Morgan fingerprint density at radius 2 is 2.17 bits per heavy atom. The van der Waals surface area contributed by atoms with Crippen LogP contribution in [0, 0.1) is 0 Å². The molecule has 0 bridgehead atoms. The lowest BCUT2D eigenvalue weighted by atomic mass is 10.2. The van der Waals surface area contributed by atoms with Gasteiger partial charge in [0.2, 0.25) is 0 Å². The van der Waals surface area contributed by atoms with Crippen LogP contribution in [0.4, 0.5) is 0 Å². The highest BCUT2D eigenvalue weighted by atomic mass is 35.5. The molecule has 1 aromatic carbocycles. The van der Waals surface area contributed by atoms with Crippen LogP contribution < -0.4 is 10.1 Å². The number of amides is 1. The monoisotopic (exact) mass is 291 g/mol. The molecular weight excluding hydrogens is 277 g/mol. The van der Waals surface area contributed by atoms with Crippen molar-refractivity contribution in [1.82, 2.24) is 5.32 Å². The molecule has 0 aliphatic carbocycles. The lowest BCUT2D eigenvalue weighted by molar-refractivity contribution is -0.124. The number of hydrogen-bond acceptors (Lipinski definition) is 3. The van der Waals surface area contributed by atoms with Gasteiger partial charge in [-0.05, 0) is 18.6 Å². The van der Waals surface area contributed by atoms with Crippen LogP contribution >= 0.6 is 23.2 Å². The van der Waals surface area contributed by atoms with Gasteiger partial charge < -0.3 is 15.2 Å². The van der Waals surface area contributed by atoms with Gasteiger partial charge in [-0.2, -0.15) is 0 Å². The van der Waals surface area contributed by atoms with Crippen LogP contribution in [-0.4, -0.2) is 30.3 Å². The standard InChI is InChI=1S/C12H15Cl2NO3/c1-2-8(6-16)15-12(17)7-18-9-3-4-10(13)11(14)5-9/h3-5,8,16H,2,6-7H2,1H3,(H,15,17)/t8-/m0/s1. The second-order valence-electron chi connectivity index (χ2n) is 3.72. The predicted octanol–water partition coefficient (Wildman–Crippen LogP) is 2.26. The number of aliphatic hydroxyl groups is 1. The van der Waals surface area contributed by atoms with Gasteiger partial charge in [-0.25, -0.2) is 0 Å². The normalized spacial score (nSPS) is 12.0. The third-order valence-electron chi connectivity index (χ3n) is 2.34. The Bertz CT molecular complexity index is 408. The third kappa shape index (κ3) is 4.72. The molecule has 18 heavy (non-hydrogen) atoms. The third-order valence-corrected chi connectivity index (χ3v) is 3.08. The van der Waals surface area contributed by atoms with Crippen molar-refractivity contribution in [3.05, 3.63) is 28.2 Å². The van der Waals surface area contributed by atoms with E-state index < -0.39 is 0 Å². The van der Waals surface area contributed by atoms with Crippen molar-refractivity contribution in [3.8, 4) is 5.75 Å². The smallest absolute Gasteiger partial charge is 0.258 e. The highest BCUT2D eigenvalue weighted by molar-refractivity contribution is 6.42. The molecule has 1 atom stereocenters. The number of carbonyl (C=O) groups excluding carboxylic acids is 1. The molecule has 1 aromatic rings. The van der Waals surface area contributed by atoms with E-state index in [2.05, 4.69) is 5.32 Å². The first-order valence-electron chi connectivity index (χ1n) is 5.54. The minimum Gasteiger partial charge on any atom is -0.484 e. The van der Waals surface area contributed by atoms with Gasteiger partial charge in [0.1, 0.15) is 5.75 Å². The van der Waals surface area contributed by atoms with Crippen LogP contribution in [0.5, 0.6) is 5.75 Å². The molecular formula is C12H15Cl2NO3. The summed E-state index contributed by atoms with van der Waals surface area (Å²) in [5, 5.41) is 12.4. The van der Waals surface area contributed by atoms with Gasteiger partial charge in [-0.15, -0.1) is 0 Å². The Kier molecular flexibility index (Phi) is 6.25. The largest absolute Gasteiger partial charge is 0.484 e. The van der Waals surface area contributed by atoms with Crippen LogP contribution in [0.3, 0.4) is 0 Å². The minimum absolute atomic E-state index is 0.0883. The zero-order valence-corrected chi connectivity index (χ0v) is 11.5. The van der Waals surface area contributed by atoms with Gasteiger partial charge in [0, 0.05) is 6.07 Å². The van der Waals surface area contributed by atoms with Crippen molar-refractivity contribution in [3.63, 3.8) is 0 Å². The zero-order valence-electron chi connectivity index (χ0n) is 9.95. The summed E-state index contributed by atoms with van der Waals surface area (Å²) in [5.41, 5.74) is 0. The molecule has 0 aromatic heterocycles. The van der Waals surface area contributed by atoms with Crippen LogP contribution in [0.15, 0.2) is 18.2 Å². The van der Waals surface area contributed by atoms with Crippen LogP contribution in [0.1, 0.15) is 13.3 Å². The fraction of sp³-hybridized carbons (Fsp3) is 0.417. The Labute approximate surface area is 116 Å². The Morgan fingerprint density at radius 1 is 1.44 bits per heavy atom. The molecule has 1 rings (SSSR count). The van der Waals surface area contributed by atoms with E-state index in [9.17, 15) is 4.79 Å². The van der Waals surface area contributed by atoms with E-state index >= 15 is 0 Å². The Morgan fingerprint density at radius 3 is 2.72 bits per heavy atom. The van der Waals surface area contributed by atoms with Gasteiger partial charge in [-0.1, -0.05) is 30.1 Å². The molecule has 1 amide bonds. The maximum absolute atomic E-state index is 11.5. The number of rotatable bonds is 6. The molecule has 0 fully saturated rings. The molecule has 0 spiro atoms. The number of ether oxygens (including phenoxy) is 1. The van der Waals surface area contributed by atoms with Crippen molar-refractivity contribution in [2.45, 2.75) is 19.4 Å². The van der Waals surface area contributed by atoms with Crippen molar-refractivity contribution in [2.24, 2.45) is 0 Å². The van der Waals surface area contributed by atoms with E-state index in [4.69, 9.17) is 33.0 Å². The van der Waals surface area contributed by atoms with Crippen LogP contribution in [0.2, 0.25) is 10.0 Å². The average molecular weight is 292 g/mol. The quantitative estimate of drug-likeness (QED) is 0.845. The van der Waals surface area contributed by atoms with Gasteiger partial charge in [0.05, 0.1) is 22.7 Å². The summed E-state index contributed by atoms with van der Waals surface area (Å²) in [5.74, 6) is 0.179. The first-order chi connectivity index (χ1) is 8.56. The zero-order chi connectivity index (χ0) is 13.5. The number of halogens is 2. The molecule has 0 unspecified atom stereocenters.